The van der Waals surface area contributed by atoms with E-state index in [1.165, 1.54) is 0 Å². The molecule has 0 aromatic rings. The van der Waals surface area contributed by atoms with Crippen molar-refractivity contribution < 1.29 is 9.90 Å². The average molecular weight is 223 g/mol. The fourth-order valence-corrected chi connectivity index (χ4v) is 1.67. The van der Waals surface area contributed by atoms with Gasteiger partial charge in [0.25, 0.3) is 0 Å². The third kappa shape index (κ3) is 7.05. The molecule has 0 radical (unpaired) electrons. The Hall–Kier alpha value is -1.30. The first-order chi connectivity index (χ1) is 7.54. The highest BCUT2D eigenvalue weighted by Crippen LogP contribution is 2.29. The van der Waals surface area contributed by atoms with Gasteiger partial charge in [-0.3, -0.25) is 4.79 Å². The number of carbonyl (C=O) groups is 1. The van der Waals surface area contributed by atoms with Gasteiger partial charge in [-0.25, -0.2) is 0 Å². The minimum atomic E-state index is -0.785. The molecule has 1 unspecified atom stereocenters. The lowest BCUT2D eigenvalue weighted by Crippen LogP contribution is -2.14. The van der Waals surface area contributed by atoms with Gasteiger partial charge in [-0.05, 0) is 39.0 Å². The molecule has 1 atom stereocenters. The molecule has 0 fully saturated rings. The maximum atomic E-state index is 10.4. The summed E-state index contributed by atoms with van der Waals surface area (Å²) in [7, 11) is 0. The lowest BCUT2D eigenvalue weighted by molar-refractivity contribution is -0.137. The number of hydrogen-bond acceptors (Lipinski definition) is 2. The quantitative estimate of drug-likeness (QED) is 0.480. The molecule has 0 bridgehead atoms. The van der Waals surface area contributed by atoms with Gasteiger partial charge in [0.05, 0.1) is 11.5 Å². The number of aliphatic carboxylic acids is 1. The van der Waals surface area contributed by atoms with E-state index >= 15 is 0 Å². The van der Waals surface area contributed by atoms with Gasteiger partial charge >= 0.3 is 5.97 Å². The summed E-state index contributed by atoms with van der Waals surface area (Å²) in [6, 6.07) is 2.31. The van der Waals surface area contributed by atoms with Crippen molar-refractivity contribution in [1.29, 1.82) is 5.26 Å². The molecule has 0 aliphatic heterocycles. The lowest BCUT2D eigenvalue weighted by atomic mass is 9.81. The molecular formula is C13H21NO2. The van der Waals surface area contributed by atoms with Gasteiger partial charge in [0, 0.05) is 6.42 Å². The van der Waals surface area contributed by atoms with Gasteiger partial charge in [0.1, 0.15) is 0 Å². The van der Waals surface area contributed by atoms with E-state index in [-0.39, 0.29) is 11.8 Å². The van der Waals surface area contributed by atoms with Crippen LogP contribution in [-0.2, 0) is 4.79 Å². The van der Waals surface area contributed by atoms with Crippen LogP contribution in [0.15, 0.2) is 12.7 Å². The van der Waals surface area contributed by atoms with Gasteiger partial charge in [0.15, 0.2) is 0 Å². The van der Waals surface area contributed by atoms with E-state index < -0.39 is 5.97 Å². The molecule has 0 spiro atoms. The molecule has 3 heteroatoms. The molecule has 0 rings (SSSR count). The van der Waals surface area contributed by atoms with Gasteiger partial charge in [-0.15, -0.1) is 6.58 Å². The van der Waals surface area contributed by atoms with E-state index in [0.717, 1.165) is 25.7 Å². The Morgan fingerprint density at radius 3 is 2.56 bits per heavy atom. The van der Waals surface area contributed by atoms with Crippen molar-refractivity contribution in [3.63, 3.8) is 0 Å². The third-order valence-corrected chi connectivity index (χ3v) is 2.78. The lowest BCUT2D eigenvalue weighted by Gasteiger charge is -2.20. The summed E-state index contributed by atoms with van der Waals surface area (Å²) in [6.07, 6.45) is 7.18. The van der Waals surface area contributed by atoms with Crippen molar-refractivity contribution >= 4 is 5.97 Å². The Morgan fingerprint density at radius 2 is 2.06 bits per heavy atom. The topological polar surface area (TPSA) is 61.1 Å². The molecule has 0 aliphatic carbocycles. The number of unbranched alkanes of at least 4 members (excludes halogenated alkanes) is 2. The molecule has 0 saturated heterocycles. The zero-order valence-electron chi connectivity index (χ0n) is 10.0. The van der Waals surface area contributed by atoms with Gasteiger partial charge in [-0.2, -0.15) is 5.26 Å². The number of allylic oxidation sites excluding steroid dienone is 1. The van der Waals surface area contributed by atoms with Crippen molar-refractivity contribution in [2.75, 3.05) is 0 Å². The molecule has 0 amide bonds. The molecule has 16 heavy (non-hydrogen) atoms. The number of carboxylic acid groups (broad SMARTS) is 1. The molecule has 0 aromatic carbocycles. The molecule has 0 aliphatic rings. The van der Waals surface area contributed by atoms with E-state index in [2.05, 4.69) is 12.6 Å². The van der Waals surface area contributed by atoms with Crippen LogP contribution in [0.5, 0.6) is 0 Å². The smallest absolute Gasteiger partial charge is 0.303 e. The van der Waals surface area contributed by atoms with E-state index in [9.17, 15) is 4.79 Å². The highest BCUT2D eigenvalue weighted by atomic mass is 16.4. The zero-order chi connectivity index (χ0) is 12.4. The standard InChI is InChI=1S/C13H21NO2/c1-3-4-5-6-9-13(2,11-14)10-7-8-12(15)16/h3H,1,4-10H2,2H3,(H,15,16). The first kappa shape index (κ1) is 14.7. The predicted octanol–water partition coefficient (Wildman–Crippen LogP) is 3.52. The van der Waals surface area contributed by atoms with Gasteiger partial charge in [0.2, 0.25) is 0 Å². The monoisotopic (exact) mass is 223 g/mol. The summed E-state index contributed by atoms with van der Waals surface area (Å²) in [6.45, 7) is 5.57. The first-order valence-corrected chi connectivity index (χ1v) is 5.78. The summed E-state index contributed by atoms with van der Waals surface area (Å²) in [4.78, 5) is 10.4. The molecule has 3 nitrogen and oxygen atoms in total. The zero-order valence-corrected chi connectivity index (χ0v) is 10.0. The second kappa shape index (κ2) is 7.92. The number of nitrogens with zero attached hydrogens (tertiary/aromatic N) is 1. The number of rotatable bonds is 9. The summed E-state index contributed by atoms with van der Waals surface area (Å²) >= 11 is 0. The number of hydrogen-bond donors (Lipinski definition) is 1. The van der Waals surface area contributed by atoms with E-state index in [4.69, 9.17) is 10.4 Å². The predicted molar refractivity (Wildman–Crippen MR) is 63.9 cm³/mol. The van der Waals surface area contributed by atoms with Crippen molar-refractivity contribution in [3.8, 4) is 6.07 Å². The molecule has 0 heterocycles. The van der Waals surface area contributed by atoms with Crippen molar-refractivity contribution in [3.05, 3.63) is 12.7 Å². The van der Waals surface area contributed by atoms with Crippen LogP contribution in [0.25, 0.3) is 0 Å². The van der Waals surface area contributed by atoms with Crippen molar-refractivity contribution in [2.45, 2.75) is 51.9 Å². The van der Waals surface area contributed by atoms with Crippen LogP contribution in [0, 0.1) is 16.7 Å². The Kier molecular flexibility index (Phi) is 7.28. The highest BCUT2D eigenvalue weighted by molar-refractivity contribution is 5.66. The first-order valence-electron chi connectivity index (χ1n) is 5.78. The molecule has 0 saturated carbocycles. The van der Waals surface area contributed by atoms with E-state index in [1.807, 2.05) is 13.0 Å². The molecular weight excluding hydrogens is 202 g/mol. The summed E-state index contributed by atoms with van der Waals surface area (Å²) in [5, 5.41) is 17.6. The summed E-state index contributed by atoms with van der Waals surface area (Å²) in [5.74, 6) is -0.785. The highest BCUT2D eigenvalue weighted by Gasteiger charge is 2.22. The second-order valence-electron chi connectivity index (χ2n) is 4.45. The van der Waals surface area contributed by atoms with Crippen molar-refractivity contribution in [2.24, 2.45) is 5.41 Å². The Morgan fingerprint density at radius 1 is 1.44 bits per heavy atom. The fraction of sp³-hybridized carbons (Fsp3) is 0.692. The maximum Gasteiger partial charge on any atom is 0.303 e. The number of nitriles is 1. The molecule has 1 N–H and O–H groups in total. The summed E-state index contributed by atoms with van der Waals surface area (Å²) < 4.78 is 0. The van der Waals surface area contributed by atoms with Crippen LogP contribution in [-0.4, -0.2) is 11.1 Å². The summed E-state index contributed by atoms with van der Waals surface area (Å²) in [5.41, 5.74) is -0.364. The van der Waals surface area contributed by atoms with Gasteiger partial charge in [-0.1, -0.05) is 12.5 Å². The third-order valence-electron chi connectivity index (χ3n) is 2.78. The largest absolute Gasteiger partial charge is 0.481 e. The molecule has 0 aromatic heterocycles. The SMILES string of the molecule is C=CCCCCC(C)(C#N)CCCC(=O)O. The van der Waals surface area contributed by atoms with Crippen LogP contribution in [0.1, 0.15) is 51.9 Å². The molecule has 90 valence electrons. The van der Waals surface area contributed by atoms with Crippen LogP contribution < -0.4 is 0 Å². The van der Waals surface area contributed by atoms with Crippen LogP contribution >= 0.6 is 0 Å². The number of carboxylic acids is 1. The Labute approximate surface area is 97.8 Å². The Balaban J connectivity index is 3.87. The van der Waals surface area contributed by atoms with Crippen LogP contribution in [0.3, 0.4) is 0 Å². The Bertz CT molecular complexity index is 268. The van der Waals surface area contributed by atoms with Gasteiger partial charge < -0.3 is 5.11 Å². The fourth-order valence-electron chi connectivity index (χ4n) is 1.67. The normalized spacial score (nSPS) is 13.8. The van der Waals surface area contributed by atoms with E-state index in [0.29, 0.717) is 12.8 Å². The second-order valence-corrected chi connectivity index (χ2v) is 4.45. The minimum Gasteiger partial charge on any atom is -0.481 e. The minimum absolute atomic E-state index is 0.157. The average Bonchev–Trinajstić information content (AvgIpc) is 2.24. The maximum absolute atomic E-state index is 10.4. The van der Waals surface area contributed by atoms with Crippen molar-refractivity contribution in [1.82, 2.24) is 0 Å². The van der Waals surface area contributed by atoms with Crippen LogP contribution in [0.4, 0.5) is 0 Å². The van der Waals surface area contributed by atoms with E-state index in [1.54, 1.807) is 0 Å². The van der Waals surface area contributed by atoms with Crippen LogP contribution in [0.2, 0.25) is 0 Å².